The van der Waals surface area contributed by atoms with Crippen LogP contribution in [0.25, 0.3) is 0 Å². The van der Waals surface area contributed by atoms with Crippen molar-refractivity contribution >= 4 is 17.5 Å². The molecule has 21 heavy (non-hydrogen) atoms. The second kappa shape index (κ2) is 7.26. The average molecular weight is 293 g/mol. The zero-order valence-electron chi connectivity index (χ0n) is 12.7. The maximum absolute atomic E-state index is 10.8. The molecule has 0 radical (unpaired) electrons. The lowest BCUT2D eigenvalue weighted by Crippen LogP contribution is -2.37. The number of hydrogen-bond acceptors (Lipinski definition) is 5. The van der Waals surface area contributed by atoms with Crippen LogP contribution in [0.15, 0.2) is 18.3 Å². The molecule has 0 aromatic carbocycles. The second-order valence-electron chi connectivity index (χ2n) is 5.40. The highest BCUT2D eigenvalue weighted by Gasteiger charge is 2.15. The molecule has 0 saturated carbocycles. The Kier molecular flexibility index (Phi) is 5.38. The maximum Gasteiger partial charge on any atom is 0.305 e. The van der Waals surface area contributed by atoms with Crippen LogP contribution in [0.3, 0.4) is 0 Å². The molecule has 0 bridgehead atoms. The Bertz CT molecular complexity index is 456. The van der Waals surface area contributed by atoms with Crippen molar-refractivity contribution in [2.45, 2.75) is 26.3 Å². The zero-order chi connectivity index (χ0) is 15.2. The number of carboxylic acid groups (broad SMARTS) is 1. The van der Waals surface area contributed by atoms with E-state index < -0.39 is 5.97 Å². The summed E-state index contributed by atoms with van der Waals surface area (Å²) in [5.41, 5.74) is 0.961. The van der Waals surface area contributed by atoms with E-state index >= 15 is 0 Å². The molecule has 0 aliphatic carbocycles. The van der Waals surface area contributed by atoms with Gasteiger partial charge in [-0.05, 0) is 26.0 Å². The number of pyridine rings is 1. The van der Waals surface area contributed by atoms with Crippen LogP contribution in [0.1, 0.15) is 20.3 Å². The van der Waals surface area contributed by atoms with Crippen molar-refractivity contribution in [3.05, 3.63) is 18.3 Å². The summed E-state index contributed by atoms with van der Waals surface area (Å²) in [5, 5.41) is 8.84. The molecule has 1 aromatic rings. The van der Waals surface area contributed by atoms with Gasteiger partial charge in [0, 0.05) is 25.7 Å². The number of rotatable bonds is 6. The van der Waals surface area contributed by atoms with Gasteiger partial charge in [-0.3, -0.25) is 4.79 Å². The number of ether oxygens (including phenoxy) is 1. The van der Waals surface area contributed by atoms with E-state index in [1.54, 1.807) is 0 Å². The summed E-state index contributed by atoms with van der Waals surface area (Å²) in [6.07, 6.45) is 1.95. The molecule has 1 aromatic heterocycles. The molecule has 1 fully saturated rings. The van der Waals surface area contributed by atoms with Crippen LogP contribution in [-0.4, -0.2) is 54.9 Å². The molecular formula is C15H23N3O3. The van der Waals surface area contributed by atoms with E-state index in [4.69, 9.17) is 9.84 Å². The van der Waals surface area contributed by atoms with E-state index in [1.807, 2.05) is 18.3 Å². The molecule has 0 unspecified atom stereocenters. The Labute approximate surface area is 125 Å². The highest BCUT2D eigenvalue weighted by atomic mass is 16.5. The smallest absolute Gasteiger partial charge is 0.305 e. The summed E-state index contributed by atoms with van der Waals surface area (Å²) in [6.45, 7) is 7.79. The predicted octanol–water partition coefficient (Wildman–Crippen LogP) is 1.61. The molecule has 2 rings (SSSR count). The number of nitrogens with zero attached hydrogens (tertiary/aromatic N) is 3. The normalized spacial score (nSPS) is 15.3. The van der Waals surface area contributed by atoms with Gasteiger partial charge in [-0.15, -0.1) is 0 Å². The molecule has 6 nitrogen and oxygen atoms in total. The fraction of sp³-hybridized carbons (Fsp3) is 0.600. The van der Waals surface area contributed by atoms with E-state index in [2.05, 4.69) is 28.6 Å². The number of carboxylic acids is 1. The summed E-state index contributed by atoms with van der Waals surface area (Å²) in [7, 11) is 0. The van der Waals surface area contributed by atoms with E-state index in [-0.39, 0.29) is 12.5 Å². The van der Waals surface area contributed by atoms with Gasteiger partial charge in [0.05, 0.1) is 31.5 Å². The molecule has 0 amide bonds. The quantitative estimate of drug-likeness (QED) is 0.859. The van der Waals surface area contributed by atoms with Crippen LogP contribution < -0.4 is 9.80 Å². The third kappa shape index (κ3) is 4.32. The van der Waals surface area contributed by atoms with E-state index in [1.165, 1.54) is 0 Å². The van der Waals surface area contributed by atoms with Gasteiger partial charge in [0.1, 0.15) is 5.82 Å². The molecular weight excluding hydrogens is 270 g/mol. The number of carbonyl (C=O) groups is 1. The van der Waals surface area contributed by atoms with E-state index in [0.717, 1.165) is 37.8 Å². The molecule has 116 valence electrons. The Balaban J connectivity index is 2.05. The summed E-state index contributed by atoms with van der Waals surface area (Å²) in [4.78, 5) is 19.5. The van der Waals surface area contributed by atoms with Crippen molar-refractivity contribution in [3.8, 4) is 0 Å². The fourth-order valence-electron chi connectivity index (χ4n) is 2.43. The van der Waals surface area contributed by atoms with Gasteiger partial charge in [0.25, 0.3) is 0 Å². The van der Waals surface area contributed by atoms with E-state index in [9.17, 15) is 4.79 Å². The second-order valence-corrected chi connectivity index (χ2v) is 5.40. The molecule has 0 spiro atoms. The van der Waals surface area contributed by atoms with Gasteiger partial charge in [0.2, 0.25) is 0 Å². The first-order valence-corrected chi connectivity index (χ1v) is 7.35. The van der Waals surface area contributed by atoms with Crippen molar-refractivity contribution < 1.29 is 14.6 Å². The lowest BCUT2D eigenvalue weighted by Gasteiger charge is -2.30. The van der Waals surface area contributed by atoms with Crippen LogP contribution in [-0.2, 0) is 9.53 Å². The first-order valence-electron chi connectivity index (χ1n) is 7.35. The number of morpholine rings is 1. The monoisotopic (exact) mass is 293 g/mol. The SMILES string of the molecule is CC(C)N(CCC(=O)O)c1ccc(N2CCOCC2)nc1. The number of aromatic nitrogens is 1. The number of anilines is 2. The van der Waals surface area contributed by atoms with Crippen molar-refractivity contribution in [2.75, 3.05) is 42.6 Å². The zero-order valence-corrected chi connectivity index (χ0v) is 12.7. The summed E-state index contributed by atoms with van der Waals surface area (Å²) in [5.74, 6) is 0.169. The van der Waals surface area contributed by atoms with Gasteiger partial charge in [-0.1, -0.05) is 0 Å². The molecule has 1 saturated heterocycles. The molecule has 2 heterocycles. The molecule has 0 atom stereocenters. The van der Waals surface area contributed by atoms with Crippen LogP contribution >= 0.6 is 0 Å². The Hall–Kier alpha value is -1.82. The molecule has 1 N–H and O–H groups in total. The van der Waals surface area contributed by atoms with E-state index in [0.29, 0.717) is 6.54 Å². The summed E-state index contributed by atoms with van der Waals surface area (Å²) in [6, 6.07) is 4.25. The maximum atomic E-state index is 10.8. The predicted molar refractivity (Wildman–Crippen MR) is 82.0 cm³/mol. The highest BCUT2D eigenvalue weighted by Crippen LogP contribution is 2.20. The summed E-state index contributed by atoms with van der Waals surface area (Å²) < 4.78 is 5.34. The van der Waals surface area contributed by atoms with Crippen LogP contribution in [0, 0.1) is 0 Å². The third-order valence-corrected chi connectivity index (χ3v) is 3.59. The Morgan fingerprint density at radius 1 is 1.43 bits per heavy atom. The number of hydrogen-bond donors (Lipinski definition) is 1. The fourth-order valence-corrected chi connectivity index (χ4v) is 2.43. The van der Waals surface area contributed by atoms with Crippen LogP contribution in [0.4, 0.5) is 11.5 Å². The van der Waals surface area contributed by atoms with Gasteiger partial charge >= 0.3 is 5.97 Å². The largest absolute Gasteiger partial charge is 0.481 e. The summed E-state index contributed by atoms with van der Waals surface area (Å²) >= 11 is 0. The van der Waals surface area contributed by atoms with Crippen LogP contribution in [0.2, 0.25) is 0 Å². The molecule has 6 heteroatoms. The minimum Gasteiger partial charge on any atom is -0.481 e. The Morgan fingerprint density at radius 2 is 2.14 bits per heavy atom. The first kappa shape index (κ1) is 15.6. The van der Waals surface area contributed by atoms with Gasteiger partial charge in [-0.2, -0.15) is 0 Å². The van der Waals surface area contributed by atoms with Crippen LogP contribution in [0.5, 0.6) is 0 Å². The lowest BCUT2D eigenvalue weighted by atomic mass is 10.2. The first-order chi connectivity index (χ1) is 10.1. The average Bonchev–Trinajstić information content (AvgIpc) is 2.48. The van der Waals surface area contributed by atoms with Gasteiger partial charge in [0.15, 0.2) is 0 Å². The molecule has 1 aliphatic heterocycles. The van der Waals surface area contributed by atoms with Gasteiger partial charge in [-0.25, -0.2) is 4.98 Å². The standard InChI is InChI=1S/C15H23N3O3/c1-12(2)18(6-5-15(19)20)13-3-4-14(16-11-13)17-7-9-21-10-8-17/h3-4,11-12H,5-10H2,1-2H3,(H,19,20). The van der Waals surface area contributed by atoms with Crippen molar-refractivity contribution in [3.63, 3.8) is 0 Å². The minimum atomic E-state index is -0.779. The van der Waals surface area contributed by atoms with Gasteiger partial charge < -0.3 is 19.6 Å². The third-order valence-electron chi connectivity index (χ3n) is 3.59. The number of aliphatic carboxylic acids is 1. The minimum absolute atomic E-state index is 0.128. The lowest BCUT2D eigenvalue weighted by molar-refractivity contribution is -0.136. The van der Waals surface area contributed by atoms with Crippen molar-refractivity contribution in [1.82, 2.24) is 4.98 Å². The highest BCUT2D eigenvalue weighted by molar-refractivity contribution is 5.67. The van der Waals surface area contributed by atoms with Crippen molar-refractivity contribution in [1.29, 1.82) is 0 Å². The Morgan fingerprint density at radius 3 is 2.67 bits per heavy atom. The topological polar surface area (TPSA) is 65.9 Å². The molecule has 1 aliphatic rings. The van der Waals surface area contributed by atoms with Crippen molar-refractivity contribution in [2.24, 2.45) is 0 Å².